The van der Waals surface area contributed by atoms with Gasteiger partial charge in [0.2, 0.25) is 5.52 Å². The topological polar surface area (TPSA) is 142 Å². The summed E-state index contributed by atoms with van der Waals surface area (Å²) >= 11 is 0. The molecule has 2 aromatic heterocycles. The lowest BCUT2D eigenvalue weighted by molar-refractivity contribution is 0.198. The highest BCUT2D eigenvalue weighted by atomic mass is 31.2. The van der Waals surface area contributed by atoms with Crippen LogP contribution in [0.25, 0.3) is 0 Å². The number of rotatable bonds is 15. The van der Waals surface area contributed by atoms with Crippen LogP contribution < -0.4 is 10.1 Å². The lowest BCUT2D eigenvalue weighted by Gasteiger charge is -2.32. The molecular formula is C21H30N4O7P2. The van der Waals surface area contributed by atoms with Gasteiger partial charge in [0, 0.05) is 18.5 Å². The number of hydrogen-bond acceptors (Lipinski definition) is 11. The van der Waals surface area contributed by atoms with E-state index in [1.54, 1.807) is 52.0 Å². The quantitative estimate of drug-likeness (QED) is 0.316. The Bertz CT molecular complexity index is 1010. The molecule has 0 atom stereocenters. The van der Waals surface area contributed by atoms with Gasteiger partial charge in [-0.25, -0.2) is 9.97 Å². The van der Waals surface area contributed by atoms with Gasteiger partial charge in [0.05, 0.1) is 26.4 Å². The predicted octanol–water partition coefficient (Wildman–Crippen LogP) is 5.15. The first kappa shape index (κ1) is 27.9. The SMILES string of the molecule is CCOP(=O)(OCC)C(Nc1cc(OCc2ccnc(C#N)c2)ccn1)P(=O)(OCC)OCC. The molecule has 0 radical (unpaired) electrons. The van der Waals surface area contributed by atoms with E-state index in [0.29, 0.717) is 5.75 Å². The van der Waals surface area contributed by atoms with Crippen LogP contribution in [0.15, 0.2) is 36.7 Å². The van der Waals surface area contributed by atoms with E-state index in [1.165, 1.54) is 12.4 Å². The minimum Gasteiger partial charge on any atom is -0.489 e. The van der Waals surface area contributed by atoms with Crippen LogP contribution in [0.3, 0.4) is 0 Å². The molecule has 0 spiro atoms. The number of anilines is 1. The van der Waals surface area contributed by atoms with E-state index in [9.17, 15) is 9.13 Å². The first-order chi connectivity index (χ1) is 16.3. The molecule has 0 fully saturated rings. The Morgan fingerprint density at radius 3 is 2.00 bits per heavy atom. The molecule has 11 nitrogen and oxygen atoms in total. The predicted molar refractivity (Wildman–Crippen MR) is 127 cm³/mol. The summed E-state index contributed by atoms with van der Waals surface area (Å²) in [7, 11) is -8.01. The third-order valence-electron chi connectivity index (χ3n) is 4.19. The van der Waals surface area contributed by atoms with Gasteiger partial charge in [0.15, 0.2) is 0 Å². The number of ether oxygens (including phenoxy) is 1. The van der Waals surface area contributed by atoms with Crippen LogP contribution in [0.1, 0.15) is 39.0 Å². The summed E-state index contributed by atoms with van der Waals surface area (Å²) in [5.74, 6) is 0.631. The van der Waals surface area contributed by atoms with Crippen molar-refractivity contribution in [2.75, 3.05) is 31.7 Å². The Morgan fingerprint density at radius 1 is 0.912 bits per heavy atom. The number of nitriles is 1. The van der Waals surface area contributed by atoms with Crippen LogP contribution in [0, 0.1) is 11.3 Å². The summed E-state index contributed by atoms with van der Waals surface area (Å²) in [6, 6.07) is 8.51. The molecular weight excluding hydrogens is 482 g/mol. The summed E-state index contributed by atoms with van der Waals surface area (Å²) < 4.78 is 54.9. The Hall–Kier alpha value is -2.31. The average molecular weight is 512 g/mol. The van der Waals surface area contributed by atoms with E-state index >= 15 is 0 Å². The molecule has 0 aliphatic rings. The molecule has 0 saturated carbocycles. The molecule has 0 saturated heterocycles. The second kappa shape index (κ2) is 13.5. The van der Waals surface area contributed by atoms with E-state index < -0.39 is 20.7 Å². The van der Waals surface area contributed by atoms with Gasteiger partial charge in [-0.15, -0.1) is 0 Å². The second-order valence-corrected chi connectivity index (χ2v) is 11.2. The van der Waals surface area contributed by atoms with Gasteiger partial charge in [-0.2, -0.15) is 5.26 Å². The zero-order valence-electron chi connectivity index (χ0n) is 19.7. The smallest absolute Gasteiger partial charge is 0.365 e. The van der Waals surface area contributed by atoms with E-state index in [0.717, 1.165) is 5.56 Å². The number of hydrogen-bond donors (Lipinski definition) is 1. The number of aromatic nitrogens is 2. The van der Waals surface area contributed by atoms with Crippen molar-refractivity contribution in [2.45, 2.75) is 39.8 Å². The monoisotopic (exact) mass is 512 g/mol. The summed E-state index contributed by atoms with van der Waals surface area (Å²) in [4.78, 5) is 8.15. The van der Waals surface area contributed by atoms with Crippen molar-refractivity contribution < 1.29 is 32.0 Å². The van der Waals surface area contributed by atoms with Crippen LogP contribution in [-0.4, -0.2) is 41.9 Å². The Morgan fingerprint density at radius 2 is 1.47 bits per heavy atom. The fraction of sp³-hybridized carbons (Fsp3) is 0.476. The maximum Gasteiger partial charge on any atom is 0.365 e. The van der Waals surface area contributed by atoms with Crippen molar-refractivity contribution in [3.05, 3.63) is 47.9 Å². The van der Waals surface area contributed by atoms with E-state index in [1.807, 2.05) is 6.07 Å². The van der Waals surface area contributed by atoms with Gasteiger partial charge in [-0.3, -0.25) is 9.13 Å². The molecule has 2 aromatic rings. The number of nitrogens with zero attached hydrogens (tertiary/aromatic N) is 3. The fourth-order valence-corrected chi connectivity index (χ4v) is 7.83. The third-order valence-corrected chi connectivity index (χ3v) is 9.81. The Labute approximate surface area is 199 Å². The normalized spacial score (nSPS) is 11.9. The van der Waals surface area contributed by atoms with Gasteiger partial charge in [-0.1, -0.05) is 0 Å². The number of nitrogens with one attached hydrogen (secondary N) is 1. The van der Waals surface area contributed by atoms with Crippen LogP contribution in [0.2, 0.25) is 0 Å². The van der Waals surface area contributed by atoms with E-state index in [2.05, 4.69) is 15.3 Å². The van der Waals surface area contributed by atoms with Crippen molar-refractivity contribution in [3.8, 4) is 11.8 Å². The van der Waals surface area contributed by atoms with Crippen LogP contribution >= 0.6 is 15.2 Å². The molecule has 2 rings (SSSR count). The van der Waals surface area contributed by atoms with Gasteiger partial charge in [-0.05, 0) is 51.5 Å². The van der Waals surface area contributed by atoms with Gasteiger partial charge in [0.1, 0.15) is 29.9 Å². The maximum atomic E-state index is 13.6. The van der Waals surface area contributed by atoms with Crippen molar-refractivity contribution in [1.82, 2.24) is 9.97 Å². The van der Waals surface area contributed by atoms with Crippen molar-refractivity contribution in [3.63, 3.8) is 0 Å². The molecule has 0 unspecified atom stereocenters. The molecule has 0 aliphatic heterocycles. The van der Waals surface area contributed by atoms with Gasteiger partial charge < -0.3 is 28.1 Å². The van der Waals surface area contributed by atoms with Crippen LogP contribution in [0.5, 0.6) is 5.75 Å². The standard InChI is InChI=1S/C21H30N4O7P2/c1-5-29-33(26,30-6-2)21(34(27,31-7-3)32-8-4)25-20-14-19(10-12-24-20)28-16-17-9-11-23-18(13-17)15-22/h9-14,21H,5-8,16H2,1-4H3,(H,24,25). The van der Waals surface area contributed by atoms with Gasteiger partial charge >= 0.3 is 15.2 Å². The summed E-state index contributed by atoms with van der Waals surface area (Å²) in [6.07, 6.45) is 3.00. The minimum absolute atomic E-state index is 0.0565. The summed E-state index contributed by atoms with van der Waals surface area (Å²) in [5, 5.41) is 11.9. The molecule has 1 N–H and O–H groups in total. The lowest BCUT2D eigenvalue weighted by Crippen LogP contribution is -2.26. The Kier molecular flexibility index (Phi) is 11.1. The summed E-state index contributed by atoms with van der Waals surface area (Å²) in [6.45, 7) is 7.01. The molecule has 0 bridgehead atoms. The zero-order chi connectivity index (χ0) is 25.0. The second-order valence-electron chi connectivity index (χ2n) is 6.60. The highest BCUT2D eigenvalue weighted by molar-refractivity contribution is 7.72. The molecule has 0 aromatic carbocycles. The van der Waals surface area contributed by atoms with Crippen molar-refractivity contribution >= 4 is 21.0 Å². The molecule has 0 aliphatic carbocycles. The van der Waals surface area contributed by atoms with Crippen LogP contribution in [0.4, 0.5) is 5.82 Å². The molecule has 2 heterocycles. The Balaban J connectivity index is 2.34. The number of pyridine rings is 2. The average Bonchev–Trinajstić information content (AvgIpc) is 2.82. The fourth-order valence-electron chi connectivity index (χ4n) is 2.91. The first-order valence-electron chi connectivity index (χ1n) is 10.8. The highest BCUT2D eigenvalue weighted by Crippen LogP contribution is 2.70. The van der Waals surface area contributed by atoms with Crippen LogP contribution in [-0.2, 0) is 33.8 Å². The molecule has 34 heavy (non-hydrogen) atoms. The van der Waals surface area contributed by atoms with E-state index in [-0.39, 0.29) is 44.5 Å². The van der Waals surface area contributed by atoms with E-state index in [4.69, 9.17) is 28.1 Å². The zero-order valence-corrected chi connectivity index (χ0v) is 21.5. The maximum absolute atomic E-state index is 13.6. The summed E-state index contributed by atoms with van der Waals surface area (Å²) in [5.41, 5.74) is -0.419. The van der Waals surface area contributed by atoms with Gasteiger partial charge in [0.25, 0.3) is 0 Å². The first-order valence-corrected chi connectivity index (χ1v) is 14.0. The molecule has 0 amide bonds. The third kappa shape index (κ3) is 7.60. The van der Waals surface area contributed by atoms with Crippen molar-refractivity contribution in [1.29, 1.82) is 5.26 Å². The molecule has 186 valence electrons. The minimum atomic E-state index is -4.01. The molecule has 13 heteroatoms. The van der Waals surface area contributed by atoms with Crippen molar-refractivity contribution in [2.24, 2.45) is 0 Å². The highest BCUT2D eigenvalue weighted by Gasteiger charge is 2.51. The largest absolute Gasteiger partial charge is 0.489 e. The lowest BCUT2D eigenvalue weighted by atomic mass is 10.2.